The lowest BCUT2D eigenvalue weighted by molar-refractivity contribution is 0.1000. The van der Waals surface area contributed by atoms with Crippen molar-refractivity contribution in [3.8, 4) is 0 Å². The molecular formula is C9H14N4O. The first kappa shape index (κ1) is 10.5. The van der Waals surface area contributed by atoms with E-state index in [9.17, 15) is 4.79 Å². The summed E-state index contributed by atoms with van der Waals surface area (Å²) in [6.45, 7) is 2.48. The second-order valence-corrected chi connectivity index (χ2v) is 3.08. The number of nitrogens with zero attached hydrogens (tertiary/aromatic N) is 1. The topological polar surface area (TPSA) is 94.0 Å². The highest BCUT2D eigenvalue weighted by molar-refractivity contribution is 5.92. The fraction of sp³-hybridized carbons (Fsp3) is 0.333. The van der Waals surface area contributed by atoms with Crippen molar-refractivity contribution in [1.29, 1.82) is 0 Å². The Kier molecular flexibility index (Phi) is 3.41. The molecule has 0 aromatic carbocycles. The Morgan fingerprint density at radius 3 is 2.79 bits per heavy atom. The predicted molar refractivity (Wildman–Crippen MR) is 54.9 cm³/mol. The lowest BCUT2D eigenvalue weighted by atomic mass is 10.2. The second-order valence-electron chi connectivity index (χ2n) is 3.08. The van der Waals surface area contributed by atoms with Gasteiger partial charge in [-0.05, 0) is 19.1 Å². The number of carbonyl (C=O) groups excluding carboxylic acids is 1. The predicted octanol–water partition coefficient (Wildman–Crippen LogP) is -0.0604. The van der Waals surface area contributed by atoms with Crippen LogP contribution in [0.5, 0.6) is 0 Å². The molecule has 0 bridgehead atoms. The molecule has 0 saturated carbocycles. The zero-order chi connectivity index (χ0) is 10.6. The summed E-state index contributed by atoms with van der Waals surface area (Å²) in [5.41, 5.74) is 10.9. The molecule has 76 valence electrons. The Morgan fingerprint density at radius 2 is 2.36 bits per heavy atom. The average molecular weight is 194 g/mol. The molecule has 1 rings (SSSR count). The smallest absolute Gasteiger partial charge is 0.250 e. The van der Waals surface area contributed by atoms with Crippen molar-refractivity contribution in [1.82, 2.24) is 4.98 Å². The van der Waals surface area contributed by atoms with Crippen LogP contribution < -0.4 is 16.8 Å². The van der Waals surface area contributed by atoms with Crippen LogP contribution in [0.15, 0.2) is 18.3 Å². The number of hydrogen-bond acceptors (Lipinski definition) is 4. The molecule has 1 amide bonds. The third-order valence-corrected chi connectivity index (χ3v) is 1.80. The fourth-order valence-electron chi connectivity index (χ4n) is 0.936. The molecule has 0 aliphatic heterocycles. The summed E-state index contributed by atoms with van der Waals surface area (Å²) in [6.07, 6.45) is 1.44. The summed E-state index contributed by atoms with van der Waals surface area (Å²) in [5, 5.41) is 3.07. The first-order valence-corrected chi connectivity index (χ1v) is 4.36. The van der Waals surface area contributed by atoms with Crippen LogP contribution in [0.1, 0.15) is 17.3 Å². The largest absolute Gasteiger partial charge is 0.366 e. The minimum absolute atomic E-state index is 0.155. The van der Waals surface area contributed by atoms with Crippen LogP contribution in [-0.4, -0.2) is 23.5 Å². The van der Waals surface area contributed by atoms with Gasteiger partial charge < -0.3 is 16.8 Å². The SMILES string of the molecule is CC(CN)Nc1ccc(C(N)=O)cn1. The van der Waals surface area contributed by atoms with E-state index in [4.69, 9.17) is 11.5 Å². The molecule has 1 aromatic rings. The standard InChI is InChI=1S/C9H14N4O/c1-6(4-10)13-8-3-2-7(5-12-8)9(11)14/h2-3,5-6H,4,10H2,1H3,(H2,11,14)(H,12,13). The molecule has 0 spiro atoms. The van der Waals surface area contributed by atoms with E-state index >= 15 is 0 Å². The van der Waals surface area contributed by atoms with E-state index in [-0.39, 0.29) is 6.04 Å². The fourth-order valence-corrected chi connectivity index (χ4v) is 0.936. The monoisotopic (exact) mass is 194 g/mol. The Morgan fingerprint density at radius 1 is 1.64 bits per heavy atom. The maximum Gasteiger partial charge on any atom is 0.250 e. The van der Waals surface area contributed by atoms with Crippen LogP contribution in [-0.2, 0) is 0 Å². The molecule has 5 nitrogen and oxygen atoms in total. The van der Waals surface area contributed by atoms with Gasteiger partial charge in [0.15, 0.2) is 0 Å². The van der Waals surface area contributed by atoms with Gasteiger partial charge in [0.1, 0.15) is 5.82 Å². The van der Waals surface area contributed by atoms with Gasteiger partial charge in [0.25, 0.3) is 0 Å². The Balaban J connectivity index is 2.68. The molecule has 1 aromatic heterocycles. The molecule has 0 aliphatic rings. The zero-order valence-corrected chi connectivity index (χ0v) is 8.03. The molecule has 1 unspecified atom stereocenters. The second kappa shape index (κ2) is 4.57. The van der Waals surface area contributed by atoms with Crippen LogP contribution in [0, 0.1) is 0 Å². The summed E-state index contributed by atoms with van der Waals surface area (Å²) in [4.78, 5) is 14.8. The van der Waals surface area contributed by atoms with E-state index in [1.807, 2.05) is 6.92 Å². The molecule has 1 heterocycles. The Hall–Kier alpha value is -1.62. The molecule has 0 aliphatic carbocycles. The molecule has 5 N–H and O–H groups in total. The molecule has 0 fully saturated rings. The maximum atomic E-state index is 10.7. The normalized spacial score (nSPS) is 12.1. The first-order chi connectivity index (χ1) is 6.63. The number of aromatic nitrogens is 1. The van der Waals surface area contributed by atoms with Crippen LogP contribution in [0.4, 0.5) is 5.82 Å². The summed E-state index contributed by atoms with van der Waals surface area (Å²) < 4.78 is 0. The highest BCUT2D eigenvalue weighted by atomic mass is 16.1. The van der Waals surface area contributed by atoms with Crippen molar-refractivity contribution in [2.75, 3.05) is 11.9 Å². The van der Waals surface area contributed by atoms with Gasteiger partial charge >= 0.3 is 0 Å². The molecule has 0 saturated heterocycles. The van der Waals surface area contributed by atoms with Crippen molar-refractivity contribution in [2.24, 2.45) is 11.5 Å². The summed E-state index contributed by atoms with van der Waals surface area (Å²) in [5.74, 6) is 0.212. The third kappa shape index (κ3) is 2.70. The minimum atomic E-state index is -0.476. The van der Waals surface area contributed by atoms with E-state index < -0.39 is 5.91 Å². The number of hydrogen-bond donors (Lipinski definition) is 3. The van der Waals surface area contributed by atoms with E-state index in [1.54, 1.807) is 12.1 Å². The van der Waals surface area contributed by atoms with Gasteiger partial charge in [0, 0.05) is 18.8 Å². The van der Waals surface area contributed by atoms with Gasteiger partial charge in [-0.2, -0.15) is 0 Å². The highest BCUT2D eigenvalue weighted by Crippen LogP contribution is 2.05. The number of carbonyl (C=O) groups is 1. The number of anilines is 1. The van der Waals surface area contributed by atoms with Gasteiger partial charge in [0.05, 0.1) is 5.56 Å². The van der Waals surface area contributed by atoms with Crippen molar-refractivity contribution < 1.29 is 4.79 Å². The lowest BCUT2D eigenvalue weighted by Crippen LogP contribution is -2.25. The van der Waals surface area contributed by atoms with Crippen molar-refractivity contribution in [3.05, 3.63) is 23.9 Å². The number of pyridine rings is 1. The summed E-state index contributed by atoms with van der Waals surface area (Å²) in [6, 6.07) is 3.48. The van der Waals surface area contributed by atoms with Crippen LogP contribution >= 0.6 is 0 Å². The molecule has 5 heteroatoms. The Bertz CT molecular complexity index is 309. The number of primary amides is 1. The molecule has 0 radical (unpaired) electrons. The third-order valence-electron chi connectivity index (χ3n) is 1.80. The maximum absolute atomic E-state index is 10.7. The van der Waals surface area contributed by atoms with Gasteiger partial charge in [0.2, 0.25) is 5.91 Å². The Labute approximate surface area is 82.5 Å². The van der Waals surface area contributed by atoms with Crippen LogP contribution in [0.2, 0.25) is 0 Å². The lowest BCUT2D eigenvalue weighted by Gasteiger charge is -2.11. The van der Waals surface area contributed by atoms with Gasteiger partial charge in [-0.15, -0.1) is 0 Å². The average Bonchev–Trinajstić information content (AvgIpc) is 2.18. The zero-order valence-electron chi connectivity index (χ0n) is 8.03. The van der Waals surface area contributed by atoms with Crippen LogP contribution in [0.25, 0.3) is 0 Å². The van der Waals surface area contributed by atoms with E-state index in [1.165, 1.54) is 6.20 Å². The molecule has 1 atom stereocenters. The number of rotatable bonds is 4. The van der Waals surface area contributed by atoms with Crippen molar-refractivity contribution in [2.45, 2.75) is 13.0 Å². The quantitative estimate of drug-likeness (QED) is 0.625. The highest BCUT2D eigenvalue weighted by Gasteiger charge is 2.02. The van der Waals surface area contributed by atoms with E-state index in [0.717, 1.165) is 0 Å². The van der Waals surface area contributed by atoms with Gasteiger partial charge in [-0.1, -0.05) is 0 Å². The number of nitrogens with two attached hydrogens (primary N) is 2. The van der Waals surface area contributed by atoms with Gasteiger partial charge in [-0.25, -0.2) is 4.98 Å². The first-order valence-electron chi connectivity index (χ1n) is 4.36. The van der Waals surface area contributed by atoms with Crippen molar-refractivity contribution >= 4 is 11.7 Å². The molecular weight excluding hydrogens is 180 g/mol. The van der Waals surface area contributed by atoms with Gasteiger partial charge in [-0.3, -0.25) is 4.79 Å². The van der Waals surface area contributed by atoms with E-state index in [0.29, 0.717) is 17.9 Å². The number of nitrogens with one attached hydrogen (secondary N) is 1. The number of amides is 1. The summed E-state index contributed by atoms with van der Waals surface area (Å²) in [7, 11) is 0. The van der Waals surface area contributed by atoms with Crippen LogP contribution in [0.3, 0.4) is 0 Å². The molecule has 14 heavy (non-hydrogen) atoms. The van der Waals surface area contributed by atoms with E-state index in [2.05, 4.69) is 10.3 Å². The summed E-state index contributed by atoms with van der Waals surface area (Å²) >= 11 is 0. The van der Waals surface area contributed by atoms with Crippen molar-refractivity contribution in [3.63, 3.8) is 0 Å². The minimum Gasteiger partial charge on any atom is -0.366 e.